The highest BCUT2D eigenvalue weighted by Crippen LogP contribution is 2.14. The van der Waals surface area contributed by atoms with Gasteiger partial charge in [0.25, 0.3) is 0 Å². The van der Waals surface area contributed by atoms with Crippen LogP contribution in [0.4, 0.5) is 5.82 Å². The predicted octanol–water partition coefficient (Wildman–Crippen LogP) is 1.88. The number of nitrogens with one attached hydrogen (secondary N) is 2. The summed E-state index contributed by atoms with van der Waals surface area (Å²) in [6.07, 6.45) is 6.69. The average molecular weight is 288 g/mol. The summed E-state index contributed by atoms with van der Waals surface area (Å²) in [6, 6.07) is 0. The topological polar surface area (TPSA) is 101 Å². The maximum atomic E-state index is 11.8. The van der Waals surface area contributed by atoms with Gasteiger partial charge in [-0.05, 0) is 12.3 Å². The van der Waals surface area contributed by atoms with E-state index in [1.54, 1.807) is 0 Å². The number of hydrogen-bond acceptors (Lipinski definition) is 4. The molecular formula is C12H24N4O2S. The van der Waals surface area contributed by atoms with E-state index in [1.165, 1.54) is 19.0 Å². The molecular weight excluding hydrogens is 264 g/mol. The summed E-state index contributed by atoms with van der Waals surface area (Å²) in [5, 5.41) is 6.02. The van der Waals surface area contributed by atoms with E-state index < -0.39 is 10.0 Å². The number of sulfonamides is 1. The van der Waals surface area contributed by atoms with Crippen LogP contribution in [-0.2, 0) is 10.0 Å². The first-order valence-electron chi connectivity index (χ1n) is 6.72. The third-order valence-corrected chi connectivity index (χ3v) is 4.41. The van der Waals surface area contributed by atoms with E-state index in [0.29, 0.717) is 6.54 Å². The molecule has 0 bridgehead atoms. The standard InChI is InChI=1S/C12H24N4O2S/c1-10(2)7-5-3-4-6-8-15-19(17,18)11-9-14-16-12(11)13/h9-10,15H,3-8H2,1-2H3,(H3,13,14,16). The summed E-state index contributed by atoms with van der Waals surface area (Å²) in [5.41, 5.74) is 5.49. The van der Waals surface area contributed by atoms with E-state index in [-0.39, 0.29) is 10.7 Å². The van der Waals surface area contributed by atoms with Crippen molar-refractivity contribution in [2.24, 2.45) is 5.92 Å². The van der Waals surface area contributed by atoms with E-state index in [1.807, 2.05) is 0 Å². The maximum Gasteiger partial charge on any atom is 0.245 e. The SMILES string of the molecule is CC(C)CCCCCCNS(=O)(=O)c1cn[nH]c1N. The van der Waals surface area contributed by atoms with Crippen LogP contribution in [0, 0.1) is 5.92 Å². The summed E-state index contributed by atoms with van der Waals surface area (Å²) in [6.45, 7) is 4.86. The molecule has 1 aromatic rings. The third-order valence-electron chi connectivity index (χ3n) is 2.92. The number of anilines is 1. The second-order valence-electron chi connectivity index (χ2n) is 5.14. The fraction of sp³-hybridized carbons (Fsp3) is 0.750. The van der Waals surface area contributed by atoms with Crippen molar-refractivity contribution in [3.63, 3.8) is 0 Å². The highest BCUT2D eigenvalue weighted by atomic mass is 32.2. The number of nitrogen functional groups attached to an aromatic ring is 1. The lowest BCUT2D eigenvalue weighted by Gasteiger charge is -2.06. The van der Waals surface area contributed by atoms with Gasteiger partial charge in [-0.25, -0.2) is 13.1 Å². The second-order valence-corrected chi connectivity index (χ2v) is 6.88. The molecule has 0 fully saturated rings. The third kappa shape index (κ3) is 5.61. The van der Waals surface area contributed by atoms with Gasteiger partial charge in [-0.1, -0.05) is 39.5 Å². The summed E-state index contributed by atoms with van der Waals surface area (Å²) < 4.78 is 26.2. The zero-order chi connectivity index (χ0) is 14.3. The van der Waals surface area contributed by atoms with Gasteiger partial charge in [0.2, 0.25) is 10.0 Å². The van der Waals surface area contributed by atoms with Crippen LogP contribution in [0.3, 0.4) is 0 Å². The zero-order valence-electron chi connectivity index (χ0n) is 11.6. The van der Waals surface area contributed by atoms with E-state index in [2.05, 4.69) is 28.8 Å². The molecule has 0 aliphatic heterocycles. The first-order valence-corrected chi connectivity index (χ1v) is 8.20. The minimum absolute atomic E-state index is 0.0207. The Morgan fingerprint density at radius 1 is 1.32 bits per heavy atom. The summed E-state index contributed by atoms with van der Waals surface area (Å²) >= 11 is 0. The van der Waals surface area contributed by atoms with Crippen LogP contribution in [0.15, 0.2) is 11.1 Å². The van der Waals surface area contributed by atoms with Crippen molar-refractivity contribution in [3.05, 3.63) is 6.20 Å². The Morgan fingerprint density at radius 2 is 2.00 bits per heavy atom. The first-order chi connectivity index (χ1) is 8.93. The Morgan fingerprint density at radius 3 is 2.58 bits per heavy atom. The lowest BCUT2D eigenvalue weighted by Crippen LogP contribution is -2.25. The average Bonchev–Trinajstić information content (AvgIpc) is 2.74. The Bertz CT molecular complexity index is 468. The Labute approximate surface area is 115 Å². The van der Waals surface area contributed by atoms with Gasteiger partial charge in [-0.2, -0.15) is 5.10 Å². The van der Waals surface area contributed by atoms with Gasteiger partial charge in [-0.15, -0.1) is 0 Å². The molecule has 0 radical (unpaired) electrons. The fourth-order valence-corrected chi connectivity index (χ4v) is 2.91. The van der Waals surface area contributed by atoms with Crippen LogP contribution < -0.4 is 10.5 Å². The minimum Gasteiger partial charge on any atom is -0.383 e. The van der Waals surface area contributed by atoms with E-state index in [4.69, 9.17) is 5.73 Å². The number of aromatic nitrogens is 2. The molecule has 0 saturated carbocycles. The van der Waals surface area contributed by atoms with Crippen molar-refractivity contribution >= 4 is 15.8 Å². The molecule has 4 N–H and O–H groups in total. The van der Waals surface area contributed by atoms with E-state index in [0.717, 1.165) is 25.2 Å². The van der Waals surface area contributed by atoms with Crippen LogP contribution in [0.5, 0.6) is 0 Å². The summed E-state index contributed by atoms with van der Waals surface area (Å²) in [7, 11) is -3.52. The molecule has 0 aromatic carbocycles. The Kier molecular flexibility index (Phi) is 6.30. The van der Waals surface area contributed by atoms with Gasteiger partial charge in [-0.3, -0.25) is 5.10 Å². The van der Waals surface area contributed by atoms with Crippen LogP contribution >= 0.6 is 0 Å². The Balaban J connectivity index is 2.21. The molecule has 0 amide bonds. The van der Waals surface area contributed by atoms with Crippen LogP contribution in [0.25, 0.3) is 0 Å². The van der Waals surface area contributed by atoms with Gasteiger partial charge in [0.15, 0.2) is 0 Å². The molecule has 1 heterocycles. The monoisotopic (exact) mass is 288 g/mol. The number of nitrogens with zero attached hydrogens (tertiary/aromatic N) is 1. The molecule has 1 rings (SSSR count). The molecule has 19 heavy (non-hydrogen) atoms. The van der Waals surface area contributed by atoms with Crippen molar-refractivity contribution < 1.29 is 8.42 Å². The summed E-state index contributed by atoms with van der Waals surface area (Å²) in [5.74, 6) is 0.812. The highest BCUT2D eigenvalue weighted by Gasteiger charge is 2.18. The van der Waals surface area contributed by atoms with Gasteiger partial charge in [0.1, 0.15) is 10.7 Å². The molecule has 0 unspecified atom stereocenters. The van der Waals surface area contributed by atoms with Crippen molar-refractivity contribution in [1.82, 2.24) is 14.9 Å². The number of unbranched alkanes of at least 4 members (excludes halogenated alkanes) is 3. The van der Waals surface area contributed by atoms with Crippen molar-refractivity contribution in [2.45, 2.75) is 50.8 Å². The second kappa shape index (κ2) is 7.49. The number of H-pyrrole nitrogens is 1. The molecule has 0 saturated heterocycles. The largest absolute Gasteiger partial charge is 0.383 e. The first kappa shape index (κ1) is 16.0. The molecule has 0 spiro atoms. The summed E-state index contributed by atoms with van der Waals surface area (Å²) in [4.78, 5) is 0.0207. The maximum absolute atomic E-state index is 11.8. The highest BCUT2D eigenvalue weighted by molar-refractivity contribution is 7.89. The number of nitrogens with two attached hydrogens (primary N) is 1. The predicted molar refractivity (Wildman–Crippen MR) is 76.1 cm³/mol. The van der Waals surface area contributed by atoms with Gasteiger partial charge in [0, 0.05) is 6.54 Å². The normalized spacial score (nSPS) is 12.2. The number of aromatic amines is 1. The van der Waals surface area contributed by atoms with Gasteiger partial charge in [0.05, 0.1) is 6.20 Å². The van der Waals surface area contributed by atoms with Crippen LogP contribution in [0.1, 0.15) is 46.0 Å². The van der Waals surface area contributed by atoms with Crippen molar-refractivity contribution in [2.75, 3.05) is 12.3 Å². The van der Waals surface area contributed by atoms with Crippen molar-refractivity contribution in [1.29, 1.82) is 0 Å². The molecule has 0 atom stereocenters. The molecule has 6 nitrogen and oxygen atoms in total. The number of hydrogen-bond donors (Lipinski definition) is 3. The number of rotatable bonds is 9. The molecule has 7 heteroatoms. The zero-order valence-corrected chi connectivity index (χ0v) is 12.5. The Hall–Kier alpha value is -1.08. The van der Waals surface area contributed by atoms with Crippen molar-refractivity contribution in [3.8, 4) is 0 Å². The fourth-order valence-electron chi connectivity index (χ4n) is 1.81. The van der Waals surface area contributed by atoms with E-state index in [9.17, 15) is 8.42 Å². The van der Waals surface area contributed by atoms with Crippen LogP contribution in [-0.4, -0.2) is 25.2 Å². The molecule has 0 aliphatic carbocycles. The lowest BCUT2D eigenvalue weighted by atomic mass is 10.0. The molecule has 0 aliphatic rings. The van der Waals surface area contributed by atoms with Gasteiger partial charge >= 0.3 is 0 Å². The van der Waals surface area contributed by atoms with Gasteiger partial charge < -0.3 is 5.73 Å². The quantitative estimate of drug-likeness (QED) is 0.604. The minimum atomic E-state index is -3.52. The molecule has 110 valence electrons. The van der Waals surface area contributed by atoms with E-state index >= 15 is 0 Å². The molecule has 1 aromatic heterocycles. The lowest BCUT2D eigenvalue weighted by molar-refractivity contribution is 0.517. The van der Waals surface area contributed by atoms with Crippen LogP contribution in [0.2, 0.25) is 0 Å². The smallest absolute Gasteiger partial charge is 0.245 e.